The highest BCUT2D eigenvalue weighted by atomic mass is 32.1. The summed E-state index contributed by atoms with van der Waals surface area (Å²) in [5, 5.41) is 4.61. The Bertz CT molecular complexity index is 305. The first-order valence-corrected chi connectivity index (χ1v) is 6.52. The van der Waals surface area contributed by atoms with Gasteiger partial charge in [-0.25, -0.2) is 0 Å². The largest absolute Gasteiger partial charge is 0.383 e. The molecular formula is C11H19N3S. The molecule has 0 bridgehead atoms. The summed E-state index contributed by atoms with van der Waals surface area (Å²) in [5.41, 5.74) is 5.59. The smallest absolute Gasteiger partial charge is 0.139 e. The number of nitrogens with one attached hydrogen (secondary N) is 1. The van der Waals surface area contributed by atoms with Crippen LogP contribution in [0.2, 0.25) is 0 Å². The summed E-state index contributed by atoms with van der Waals surface area (Å²) in [4.78, 5) is 0. The second kappa shape index (κ2) is 4.84. The van der Waals surface area contributed by atoms with Gasteiger partial charge in [0.05, 0.1) is 0 Å². The van der Waals surface area contributed by atoms with Crippen molar-refractivity contribution in [3.63, 3.8) is 0 Å². The lowest BCUT2D eigenvalue weighted by atomic mass is 9.85. The Morgan fingerprint density at radius 2 is 2.20 bits per heavy atom. The quantitative estimate of drug-likeness (QED) is 0.831. The van der Waals surface area contributed by atoms with Crippen molar-refractivity contribution >= 4 is 22.4 Å². The van der Waals surface area contributed by atoms with Crippen LogP contribution >= 0.6 is 11.5 Å². The maximum absolute atomic E-state index is 5.59. The normalized spacial score (nSPS) is 20.1. The maximum atomic E-state index is 5.59. The molecule has 1 aromatic heterocycles. The van der Waals surface area contributed by atoms with Crippen molar-refractivity contribution in [2.24, 2.45) is 5.92 Å². The number of aromatic nitrogens is 1. The van der Waals surface area contributed by atoms with Crippen molar-refractivity contribution in [3.05, 3.63) is 6.07 Å². The van der Waals surface area contributed by atoms with E-state index in [0.717, 1.165) is 10.9 Å². The molecule has 1 unspecified atom stereocenters. The molecule has 1 fully saturated rings. The van der Waals surface area contributed by atoms with Crippen LogP contribution in [0.5, 0.6) is 0 Å². The molecule has 4 heteroatoms. The Labute approximate surface area is 95.2 Å². The number of hydrogen-bond acceptors (Lipinski definition) is 4. The first kappa shape index (κ1) is 10.7. The molecule has 15 heavy (non-hydrogen) atoms. The molecule has 3 nitrogen and oxygen atoms in total. The Hall–Kier alpha value is -0.770. The SMILES string of the molecule is CC(Nc1cc(N)ns1)C1CCCCC1. The summed E-state index contributed by atoms with van der Waals surface area (Å²) in [7, 11) is 0. The van der Waals surface area contributed by atoms with Gasteiger partial charge in [0.15, 0.2) is 0 Å². The third-order valence-corrected chi connectivity index (χ3v) is 3.99. The standard InChI is InChI=1S/C11H19N3S/c1-8(9-5-3-2-4-6-9)13-11-7-10(12)14-15-11/h7-9,13H,2-6H2,1H3,(H2,12,14). The highest BCUT2D eigenvalue weighted by Gasteiger charge is 2.20. The molecular weight excluding hydrogens is 206 g/mol. The molecule has 3 N–H and O–H groups in total. The molecule has 0 aromatic carbocycles. The van der Waals surface area contributed by atoms with Crippen LogP contribution in [0.25, 0.3) is 0 Å². The molecule has 84 valence electrons. The molecule has 0 saturated heterocycles. The van der Waals surface area contributed by atoms with Gasteiger partial charge in [-0.2, -0.15) is 4.37 Å². The molecule has 1 saturated carbocycles. The lowest BCUT2D eigenvalue weighted by molar-refractivity contribution is 0.328. The van der Waals surface area contributed by atoms with Crippen molar-refractivity contribution in [2.45, 2.75) is 45.1 Å². The monoisotopic (exact) mass is 225 g/mol. The van der Waals surface area contributed by atoms with Gasteiger partial charge in [0.2, 0.25) is 0 Å². The fourth-order valence-corrected chi connectivity index (χ4v) is 3.00. The van der Waals surface area contributed by atoms with E-state index in [-0.39, 0.29) is 0 Å². The minimum Gasteiger partial charge on any atom is -0.383 e. The van der Waals surface area contributed by atoms with Gasteiger partial charge < -0.3 is 11.1 Å². The fourth-order valence-electron chi connectivity index (χ4n) is 2.33. The van der Waals surface area contributed by atoms with E-state index in [2.05, 4.69) is 16.6 Å². The average Bonchev–Trinajstić information content (AvgIpc) is 2.65. The third kappa shape index (κ3) is 2.84. The lowest BCUT2D eigenvalue weighted by Crippen LogP contribution is -2.27. The van der Waals surface area contributed by atoms with Crippen LogP contribution < -0.4 is 11.1 Å². The molecule has 1 aliphatic carbocycles. The topological polar surface area (TPSA) is 50.9 Å². The van der Waals surface area contributed by atoms with Crippen LogP contribution in [0.4, 0.5) is 10.8 Å². The van der Waals surface area contributed by atoms with Gasteiger partial charge in [0, 0.05) is 12.1 Å². The van der Waals surface area contributed by atoms with Gasteiger partial charge in [-0.1, -0.05) is 19.3 Å². The van der Waals surface area contributed by atoms with E-state index in [1.807, 2.05) is 6.07 Å². The van der Waals surface area contributed by atoms with Crippen molar-refractivity contribution in [2.75, 3.05) is 11.1 Å². The highest BCUT2D eigenvalue weighted by Crippen LogP contribution is 2.29. The van der Waals surface area contributed by atoms with Gasteiger partial charge in [-0.15, -0.1) is 0 Å². The molecule has 0 spiro atoms. The minimum absolute atomic E-state index is 0.546. The Balaban J connectivity index is 1.88. The molecule has 0 aliphatic heterocycles. The van der Waals surface area contributed by atoms with E-state index in [9.17, 15) is 0 Å². The number of rotatable bonds is 3. The van der Waals surface area contributed by atoms with E-state index in [4.69, 9.17) is 5.73 Å². The Morgan fingerprint density at radius 3 is 2.80 bits per heavy atom. The molecule has 1 atom stereocenters. The van der Waals surface area contributed by atoms with E-state index in [0.29, 0.717) is 11.9 Å². The van der Waals surface area contributed by atoms with Gasteiger partial charge in [0.25, 0.3) is 0 Å². The third-order valence-electron chi connectivity index (χ3n) is 3.26. The summed E-state index contributed by atoms with van der Waals surface area (Å²) in [5.74, 6) is 1.44. The Morgan fingerprint density at radius 1 is 1.47 bits per heavy atom. The van der Waals surface area contributed by atoms with Crippen LogP contribution in [0.3, 0.4) is 0 Å². The molecule has 1 aliphatic rings. The van der Waals surface area contributed by atoms with Crippen LogP contribution in [0, 0.1) is 5.92 Å². The predicted molar refractivity (Wildman–Crippen MR) is 66.2 cm³/mol. The second-order valence-corrected chi connectivity index (χ2v) is 5.25. The number of nitrogens with zero attached hydrogens (tertiary/aromatic N) is 1. The van der Waals surface area contributed by atoms with Gasteiger partial charge in [0.1, 0.15) is 10.8 Å². The van der Waals surface area contributed by atoms with Gasteiger partial charge >= 0.3 is 0 Å². The van der Waals surface area contributed by atoms with Crippen LogP contribution in [-0.4, -0.2) is 10.4 Å². The highest BCUT2D eigenvalue weighted by molar-refractivity contribution is 7.10. The van der Waals surface area contributed by atoms with Crippen molar-refractivity contribution in [1.82, 2.24) is 4.37 Å². The van der Waals surface area contributed by atoms with Crippen LogP contribution in [-0.2, 0) is 0 Å². The lowest BCUT2D eigenvalue weighted by Gasteiger charge is -2.28. The maximum Gasteiger partial charge on any atom is 0.139 e. The zero-order valence-corrected chi connectivity index (χ0v) is 10.0. The van der Waals surface area contributed by atoms with E-state index < -0.39 is 0 Å². The zero-order valence-electron chi connectivity index (χ0n) is 9.20. The summed E-state index contributed by atoms with van der Waals surface area (Å²) >= 11 is 1.46. The number of nitrogen functional groups attached to an aromatic ring is 1. The molecule has 1 heterocycles. The first-order valence-electron chi connectivity index (χ1n) is 5.74. The predicted octanol–water partition coefficient (Wildman–Crippen LogP) is 3.11. The summed E-state index contributed by atoms with van der Waals surface area (Å²) in [6, 6.07) is 2.47. The van der Waals surface area contributed by atoms with Crippen LogP contribution in [0.15, 0.2) is 6.07 Å². The average molecular weight is 225 g/mol. The van der Waals surface area contributed by atoms with Gasteiger partial charge in [-0.05, 0) is 37.2 Å². The summed E-state index contributed by atoms with van der Waals surface area (Å²) < 4.78 is 4.07. The van der Waals surface area contributed by atoms with E-state index in [1.165, 1.54) is 43.6 Å². The molecule has 2 rings (SSSR count). The van der Waals surface area contributed by atoms with Gasteiger partial charge in [-0.3, -0.25) is 0 Å². The molecule has 0 radical (unpaired) electrons. The van der Waals surface area contributed by atoms with Crippen LogP contribution in [0.1, 0.15) is 39.0 Å². The number of nitrogens with two attached hydrogens (primary N) is 1. The second-order valence-electron chi connectivity index (χ2n) is 4.45. The first-order chi connectivity index (χ1) is 7.25. The van der Waals surface area contributed by atoms with E-state index in [1.54, 1.807) is 0 Å². The number of anilines is 2. The number of hydrogen-bond donors (Lipinski definition) is 2. The fraction of sp³-hybridized carbons (Fsp3) is 0.727. The van der Waals surface area contributed by atoms with Crippen molar-refractivity contribution in [3.8, 4) is 0 Å². The van der Waals surface area contributed by atoms with Crippen molar-refractivity contribution in [1.29, 1.82) is 0 Å². The molecule has 0 amide bonds. The van der Waals surface area contributed by atoms with E-state index >= 15 is 0 Å². The summed E-state index contributed by atoms with van der Waals surface area (Å²) in [6.45, 7) is 2.27. The summed E-state index contributed by atoms with van der Waals surface area (Å²) in [6.07, 6.45) is 6.92. The van der Waals surface area contributed by atoms with Crippen molar-refractivity contribution < 1.29 is 0 Å². The minimum atomic E-state index is 0.546. The molecule has 1 aromatic rings. The Kier molecular flexibility index (Phi) is 3.46. The zero-order chi connectivity index (χ0) is 10.7.